The van der Waals surface area contributed by atoms with E-state index in [1.807, 2.05) is 0 Å². The van der Waals surface area contributed by atoms with Gasteiger partial charge in [-0.15, -0.1) is 0 Å². The average Bonchev–Trinajstić information content (AvgIpc) is 2.26. The molecular formula is C13H25NO2. The first-order chi connectivity index (χ1) is 7.59. The Morgan fingerprint density at radius 3 is 2.25 bits per heavy atom. The van der Waals surface area contributed by atoms with Gasteiger partial charge in [0.15, 0.2) is 0 Å². The van der Waals surface area contributed by atoms with Crippen LogP contribution in [0.3, 0.4) is 0 Å². The quantitative estimate of drug-likeness (QED) is 0.630. The van der Waals surface area contributed by atoms with Crippen molar-refractivity contribution in [1.29, 1.82) is 0 Å². The van der Waals surface area contributed by atoms with Crippen LogP contribution in [0.2, 0.25) is 0 Å². The Kier molecular flexibility index (Phi) is 3.88. The molecule has 4 unspecified atom stereocenters. The summed E-state index contributed by atoms with van der Waals surface area (Å²) in [7, 11) is 0. The maximum Gasteiger partial charge on any atom is 0.0696 e. The molecule has 3 N–H and O–H groups in total. The highest BCUT2D eigenvalue weighted by Crippen LogP contribution is 2.36. The van der Waals surface area contributed by atoms with Crippen LogP contribution < -0.4 is 5.32 Å². The predicted octanol–water partition coefficient (Wildman–Crippen LogP) is 1.14. The molecule has 2 rings (SSSR count). The minimum absolute atomic E-state index is 0.156. The van der Waals surface area contributed by atoms with E-state index in [4.69, 9.17) is 0 Å². The summed E-state index contributed by atoms with van der Waals surface area (Å²) in [6.07, 6.45) is 3.75. The van der Waals surface area contributed by atoms with Gasteiger partial charge >= 0.3 is 0 Å². The minimum Gasteiger partial charge on any atom is -0.393 e. The lowest BCUT2D eigenvalue weighted by Gasteiger charge is -2.43. The normalized spacial score (nSPS) is 50.2. The van der Waals surface area contributed by atoms with E-state index in [0.29, 0.717) is 17.8 Å². The first-order valence-corrected chi connectivity index (χ1v) is 6.69. The summed E-state index contributed by atoms with van der Waals surface area (Å²) >= 11 is 0. The molecule has 2 fully saturated rings. The molecule has 0 spiro atoms. The largest absolute Gasteiger partial charge is 0.393 e. The molecule has 3 heteroatoms. The molecule has 0 radical (unpaired) electrons. The Morgan fingerprint density at radius 2 is 1.69 bits per heavy atom. The molecule has 16 heavy (non-hydrogen) atoms. The third-order valence-corrected chi connectivity index (χ3v) is 4.49. The van der Waals surface area contributed by atoms with Crippen molar-refractivity contribution in [1.82, 2.24) is 5.32 Å². The fourth-order valence-corrected chi connectivity index (χ4v) is 3.56. The maximum absolute atomic E-state index is 10.0. The van der Waals surface area contributed by atoms with Gasteiger partial charge in [0.2, 0.25) is 0 Å². The van der Waals surface area contributed by atoms with Gasteiger partial charge in [0, 0.05) is 6.04 Å². The van der Waals surface area contributed by atoms with Crippen LogP contribution in [0.25, 0.3) is 0 Å². The molecule has 0 aromatic rings. The Labute approximate surface area is 98.2 Å². The summed E-state index contributed by atoms with van der Waals surface area (Å²) in [5.41, 5.74) is 0. The van der Waals surface area contributed by atoms with Crippen molar-refractivity contribution in [3.63, 3.8) is 0 Å². The summed E-state index contributed by atoms with van der Waals surface area (Å²) in [4.78, 5) is 0. The molecule has 1 aliphatic carbocycles. The standard InChI is InChI=1S/C13H25NO2/c1-8-6-10(7-9(2)13(8)16)12-11(15)4-3-5-14-12/h8-16H,3-7H2,1-2H3. The first-order valence-electron chi connectivity index (χ1n) is 6.69. The van der Waals surface area contributed by atoms with Crippen LogP contribution in [0.1, 0.15) is 39.5 Å². The van der Waals surface area contributed by atoms with Gasteiger partial charge in [-0.3, -0.25) is 0 Å². The molecule has 3 nitrogen and oxygen atoms in total. The summed E-state index contributed by atoms with van der Waals surface area (Å²) < 4.78 is 0. The summed E-state index contributed by atoms with van der Waals surface area (Å²) in [6.45, 7) is 5.29. The molecule has 1 aliphatic heterocycles. The minimum atomic E-state index is -0.187. The van der Waals surface area contributed by atoms with Crippen LogP contribution in [0.15, 0.2) is 0 Å². The lowest BCUT2D eigenvalue weighted by atomic mass is 9.70. The topological polar surface area (TPSA) is 52.5 Å². The van der Waals surface area contributed by atoms with Gasteiger partial charge in [0.25, 0.3) is 0 Å². The van der Waals surface area contributed by atoms with Crippen molar-refractivity contribution in [2.24, 2.45) is 17.8 Å². The SMILES string of the molecule is CC1CC(C2NCCCC2O)CC(C)C1O. The third-order valence-electron chi connectivity index (χ3n) is 4.49. The Hall–Kier alpha value is -0.120. The van der Waals surface area contributed by atoms with E-state index in [2.05, 4.69) is 19.2 Å². The molecule has 4 atom stereocenters. The number of aliphatic hydroxyl groups excluding tert-OH is 2. The van der Waals surface area contributed by atoms with E-state index >= 15 is 0 Å². The number of piperidine rings is 1. The molecule has 2 aliphatic rings. The lowest BCUT2D eigenvalue weighted by Crippen LogP contribution is -2.52. The maximum atomic E-state index is 10.0. The summed E-state index contributed by atoms with van der Waals surface area (Å²) in [5.74, 6) is 1.26. The van der Waals surface area contributed by atoms with Crippen molar-refractivity contribution in [2.75, 3.05) is 6.54 Å². The molecule has 0 amide bonds. The first kappa shape index (κ1) is 12.3. The van der Waals surface area contributed by atoms with Crippen LogP contribution in [-0.2, 0) is 0 Å². The van der Waals surface area contributed by atoms with Gasteiger partial charge in [0.05, 0.1) is 12.2 Å². The molecule has 94 valence electrons. The lowest BCUT2D eigenvalue weighted by molar-refractivity contribution is -0.0204. The van der Waals surface area contributed by atoms with E-state index in [0.717, 1.165) is 32.2 Å². The highest BCUT2D eigenvalue weighted by molar-refractivity contribution is 4.92. The van der Waals surface area contributed by atoms with E-state index in [9.17, 15) is 10.2 Å². The van der Waals surface area contributed by atoms with E-state index < -0.39 is 0 Å². The highest BCUT2D eigenvalue weighted by Gasteiger charge is 2.38. The Balaban J connectivity index is 1.98. The second-order valence-electron chi connectivity index (χ2n) is 5.87. The van der Waals surface area contributed by atoms with Crippen LogP contribution in [0.5, 0.6) is 0 Å². The zero-order valence-electron chi connectivity index (χ0n) is 10.4. The van der Waals surface area contributed by atoms with E-state index in [1.54, 1.807) is 0 Å². The predicted molar refractivity (Wildman–Crippen MR) is 64.1 cm³/mol. The van der Waals surface area contributed by atoms with Crippen molar-refractivity contribution in [2.45, 2.75) is 57.8 Å². The molecule has 1 saturated heterocycles. The number of nitrogens with one attached hydrogen (secondary N) is 1. The monoisotopic (exact) mass is 227 g/mol. The number of rotatable bonds is 1. The molecule has 0 aromatic carbocycles. The van der Waals surface area contributed by atoms with Crippen LogP contribution in [-0.4, -0.2) is 35.0 Å². The highest BCUT2D eigenvalue weighted by atomic mass is 16.3. The molecule has 0 aromatic heterocycles. The van der Waals surface area contributed by atoms with Crippen LogP contribution in [0, 0.1) is 17.8 Å². The van der Waals surface area contributed by atoms with Crippen molar-refractivity contribution in [3.8, 4) is 0 Å². The second-order valence-corrected chi connectivity index (χ2v) is 5.87. The summed E-state index contributed by atoms with van der Waals surface area (Å²) in [5, 5.41) is 23.4. The zero-order valence-corrected chi connectivity index (χ0v) is 10.4. The fraction of sp³-hybridized carbons (Fsp3) is 1.00. The molecular weight excluding hydrogens is 202 g/mol. The van der Waals surface area contributed by atoms with Crippen molar-refractivity contribution >= 4 is 0 Å². The molecule has 1 heterocycles. The fourth-order valence-electron chi connectivity index (χ4n) is 3.56. The van der Waals surface area contributed by atoms with Gasteiger partial charge in [-0.1, -0.05) is 13.8 Å². The van der Waals surface area contributed by atoms with Gasteiger partial charge in [0.1, 0.15) is 0 Å². The van der Waals surface area contributed by atoms with Gasteiger partial charge in [-0.05, 0) is 50.0 Å². The van der Waals surface area contributed by atoms with Crippen LogP contribution in [0.4, 0.5) is 0 Å². The van der Waals surface area contributed by atoms with E-state index in [1.165, 1.54) is 0 Å². The van der Waals surface area contributed by atoms with E-state index in [-0.39, 0.29) is 18.2 Å². The number of hydrogen-bond acceptors (Lipinski definition) is 3. The van der Waals surface area contributed by atoms with Gasteiger partial charge < -0.3 is 15.5 Å². The Bertz CT molecular complexity index is 222. The number of aliphatic hydroxyl groups is 2. The van der Waals surface area contributed by atoms with Crippen molar-refractivity contribution < 1.29 is 10.2 Å². The van der Waals surface area contributed by atoms with Crippen molar-refractivity contribution in [3.05, 3.63) is 0 Å². The van der Waals surface area contributed by atoms with Gasteiger partial charge in [-0.2, -0.15) is 0 Å². The third kappa shape index (κ3) is 2.41. The molecule has 1 saturated carbocycles. The van der Waals surface area contributed by atoms with Crippen LogP contribution >= 0.6 is 0 Å². The molecule has 0 bridgehead atoms. The summed E-state index contributed by atoms with van der Waals surface area (Å²) in [6, 6.07) is 0.256. The smallest absolute Gasteiger partial charge is 0.0696 e. The number of hydrogen-bond donors (Lipinski definition) is 3. The average molecular weight is 227 g/mol. The second kappa shape index (κ2) is 5.03. The Morgan fingerprint density at radius 1 is 1.06 bits per heavy atom. The van der Waals surface area contributed by atoms with Gasteiger partial charge in [-0.25, -0.2) is 0 Å². The zero-order chi connectivity index (χ0) is 11.7.